The van der Waals surface area contributed by atoms with E-state index in [4.69, 9.17) is 27.9 Å². The highest BCUT2D eigenvalue weighted by Gasteiger charge is 2.32. The number of carbonyl (C=O) groups is 1. The second-order valence-corrected chi connectivity index (χ2v) is 4.81. The Balaban J connectivity index is 2.07. The van der Waals surface area contributed by atoms with E-state index in [9.17, 15) is 4.79 Å². The molecule has 1 aromatic carbocycles. The maximum atomic E-state index is 12.4. The van der Waals surface area contributed by atoms with Crippen molar-refractivity contribution in [3.63, 3.8) is 0 Å². The topological polar surface area (TPSA) is 44.1 Å². The summed E-state index contributed by atoms with van der Waals surface area (Å²) in [6.45, 7) is 0.249. The van der Waals surface area contributed by atoms with E-state index >= 15 is 0 Å². The van der Waals surface area contributed by atoms with Gasteiger partial charge in [0.1, 0.15) is 18.4 Å². The van der Waals surface area contributed by atoms with Gasteiger partial charge in [-0.2, -0.15) is 0 Å². The van der Waals surface area contributed by atoms with Crippen molar-refractivity contribution in [3.8, 4) is 5.75 Å². The van der Waals surface area contributed by atoms with Crippen LogP contribution >= 0.6 is 23.2 Å². The first-order valence-corrected chi connectivity index (χ1v) is 6.06. The molecule has 1 aliphatic heterocycles. The van der Waals surface area contributed by atoms with Crippen LogP contribution in [0.3, 0.4) is 0 Å². The molecule has 0 bridgehead atoms. The minimum absolute atomic E-state index is 0.0871. The van der Waals surface area contributed by atoms with Gasteiger partial charge >= 0.3 is 0 Å². The number of halogens is 2. The van der Waals surface area contributed by atoms with Gasteiger partial charge in [-0.3, -0.25) is 4.79 Å². The molecular weight excluding hydrogens is 275 g/mol. The molecule has 0 unspecified atom stereocenters. The fourth-order valence-electron chi connectivity index (χ4n) is 1.99. The van der Waals surface area contributed by atoms with Crippen LogP contribution in [0, 0.1) is 0 Å². The Morgan fingerprint density at radius 2 is 2.22 bits per heavy atom. The normalized spacial score (nSPS) is 18.3. The predicted molar refractivity (Wildman–Crippen MR) is 67.6 cm³/mol. The number of ether oxygens (including phenoxy) is 1. The van der Waals surface area contributed by atoms with E-state index in [1.165, 1.54) is 0 Å². The summed E-state index contributed by atoms with van der Waals surface area (Å²) in [7, 11) is 0. The van der Waals surface area contributed by atoms with Gasteiger partial charge in [0, 0.05) is 17.4 Å². The number of hydrogen-bond donors (Lipinski definition) is 0. The lowest BCUT2D eigenvalue weighted by atomic mass is 10.0. The summed E-state index contributed by atoms with van der Waals surface area (Å²) in [5.74, 6) is 0.352. The summed E-state index contributed by atoms with van der Waals surface area (Å²) in [6.07, 6.45) is 4.92. The van der Waals surface area contributed by atoms with Crippen LogP contribution < -0.4 is 4.74 Å². The molecule has 1 atom stereocenters. The molecule has 4 nitrogen and oxygen atoms in total. The smallest absolute Gasteiger partial charge is 0.194 e. The highest BCUT2D eigenvalue weighted by molar-refractivity contribution is 6.37. The van der Waals surface area contributed by atoms with Crippen molar-refractivity contribution in [1.29, 1.82) is 0 Å². The van der Waals surface area contributed by atoms with Gasteiger partial charge in [-0.25, -0.2) is 4.98 Å². The van der Waals surface area contributed by atoms with Crippen LogP contribution in [0.2, 0.25) is 10.0 Å². The summed E-state index contributed by atoms with van der Waals surface area (Å²) in [6, 6.07) is 2.71. The van der Waals surface area contributed by atoms with E-state index in [2.05, 4.69) is 4.98 Å². The first-order valence-electron chi connectivity index (χ1n) is 5.30. The van der Waals surface area contributed by atoms with E-state index in [0.717, 1.165) is 0 Å². The predicted octanol–water partition coefficient (Wildman–Crippen LogP) is 3.01. The number of imidazole rings is 1. The fourth-order valence-corrected chi connectivity index (χ4v) is 2.56. The average Bonchev–Trinajstić information content (AvgIpc) is 2.81. The third-order valence-corrected chi connectivity index (χ3v) is 3.37. The van der Waals surface area contributed by atoms with Crippen LogP contribution in [0.4, 0.5) is 0 Å². The van der Waals surface area contributed by atoms with Gasteiger partial charge in [0.15, 0.2) is 5.78 Å². The summed E-state index contributed by atoms with van der Waals surface area (Å²) in [4.78, 5) is 16.3. The molecule has 92 valence electrons. The molecule has 1 aliphatic rings. The number of hydrogen-bond acceptors (Lipinski definition) is 3. The Labute approximate surface area is 113 Å². The molecule has 0 N–H and O–H groups in total. The highest BCUT2D eigenvalue weighted by Crippen LogP contribution is 2.37. The van der Waals surface area contributed by atoms with E-state index < -0.39 is 6.04 Å². The maximum absolute atomic E-state index is 12.4. The zero-order valence-corrected chi connectivity index (χ0v) is 10.6. The standard InChI is InChI=1S/C12H8Cl2N2O2/c13-7-3-8(14)11-10(4-7)18-5-9(12(11)17)16-2-1-15-6-16/h1-4,6,9H,5H2/t9-/m1/s1. The lowest BCUT2D eigenvalue weighted by Crippen LogP contribution is -2.30. The first-order chi connectivity index (χ1) is 8.66. The Bertz CT molecular complexity index is 611. The molecule has 0 radical (unpaired) electrons. The van der Waals surface area contributed by atoms with Gasteiger partial charge in [0.05, 0.1) is 16.9 Å². The Kier molecular flexibility index (Phi) is 2.76. The SMILES string of the molecule is O=C1c2c(Cl)cc(Cl)cc2OC[C@H]1n1ccnc1. The number of benzene rings is 1. The second kappa shape index (κ2) is 4.30. The quantitative estimate of drug-likeness (QED) is 0.808. The van der Waals surface area contributed by atoms with Gasteiger partial charge < -0.3 is 9.30 Å². The summed E-state index contributed by atoms with van der Waals surface area (Å²) >= 11 is 11.9. The molecule has 0 amide bonds. The maximum Gasteiger partial charge on any atom is 0.194 e. The average molecular weight is 283 g/mol. The van der Waals surface area contributed by atoms with Crippen LogP contribution in [-0.2, 0) is 0 Å². The zero-order chi connectivity index (χ0) is 12.7. The monoisotopic (exact) mass is 282 g/mol. The lowest BCUT2D eigenvalue weighted by Gasteiger charge is -2.25. The Morgan fingerprint density at radius 1 is 1.39 bits per heavy atom. The van der Waals surface area contributed by atoms with Crippen molar-refractivity contribution in [3.05, 3.63) is 46.5 Å². The van der Waals surface area contributed by atoms with Crippen LogP contribution in [0.25, 0.3) is 0 Å². The fraction of sp³-hybridized carbons (Fsp3) is 0.167. The van der Waals surface area contributed by atoms with Crippen LogP contribution in [-0.4, -0.2) is 21.9 Å². The van der Waals surface area contributed by atoms with E-state index in [1.807, 2.05) is 0 Å². The van der Waals surface area contributed by atoms with E-state index in [-0.39, 0.29) is 12.4 Å². The summed E-state index contributed by atoms with van der Waals surface area (Å²) in [5, 5.41) is 0.764. The minimum Gasteiger partial charge on any atom is -0.490 e. The van der Waals surface area contributed by atoms with Crippen LogP contribution in [0.15, 0.2) is 30.9 Å². The zero-order valence-electron chi connectivity index (χ0n) is 9.14. The molecule has 0 saturated heterocycles. The van der Waals surface area contributed by atoms with Crippen LogP contribution in [0.1, 0.15) is 16.4 Å². The number of fused-ring (bicyclic) bond motifs is 1. The first kappa shape index (κ1) is 11.6. The van der Waals surface area contributed by atoms with E-state index in [1.54, 1.807) is 35.4 Å². The number of ketones is 1. The Morgan fingerprint density at radius 3 is 2.94 bits per heavy atom. The minimum atomic E-state index is -0.432. The van der Waals surface area contributed by atoms with Gasteiger partial charge in [-0.1, -0.05) is 23.2 Å². The third-order valence-electron chi connectivity index (χ3n) is 2.85. The molecule has 6 heteroatoms. The van der Waals surface area contributed by atoms with Gasteiger partial charge in [-0.15, -0.1) is 0 Å². The van der Waals surface area contributed by atoms with Crippen molar-refractivity contribution < 1.29 is 9.53 Å². The molecule has 18 heavy (non-hydrogen) atoms. The lowest BCUT2D eigenvalue weighted by molar-refractivity contribution is 0.0841. The molecule has 2 heterocycles. The van der Waals surface area contributed by atoms with Crippen LogP contribution in [0.5, 0.6) is 5.75 Å². The summed E-state index contributed by atoms with van der Waals surface area (Å²) in [5.41, 5.74) is 0.381. The molecular formula is C12H8Cl2N2O2. The van der Waals surface area contributed by atoms with Crippen molar-refractivity contribution >= 4 is 29.0 Å². The number of carbonyl (C=O) groups excluding carboxylic acids is 1. The largest absolute Gasteiger partial charge is 0.490 e. The second-order valence-electron chi connectivity index (χ2n) is 3.96. The molecule has 1 aromatic heterocycles. The third kappa shape index (κ3) is 1.78. The molecule has 0 saturated carbocycles. The highest BCUT2D eigenvalue weighted by atomic mass is 35.5. The number of nitrogens with zero attached hydrogens (tertiary/aromatic N) is 2. The van der Waals surface area contributed by atoms with Gasteiger partial charge in [-0.05, 0) is 12.1 Å². The van der Waals surface area contributed by atoms with Crippen molar-refractivity contribution in [2.75, 3.05) is 6.61 Å². The van der Waals surface area contributed by atoms with E-state index in [0.29, 0.717) is 21.4 Å². The number of rotatable bonds is 1. The van der Waals surface area contributed by atoms with Crippen molar-refractivity contribution in [2.24, 2.45) is 0 Å². The number of aromatic nitrogens is 2. The van der Waals surface area contributed by atoms with Crippen molar-refractivity contribution in [1.82, 2.24) is 9.55 Å². The van der Waals surface area contributed by atoms with Gasteiger partial charge in [0.25, 0.3) is 0 Å². The molecule has 2 aromatic rings. The van der Waals surface area contributed by atoms with Crippen molar-refractivity contribution in [2.45, 2.75) is 6.04 Å². The molecule has 0 spiro atoms. The van der Waals surface area contributed by atoms with Gasteiger partial charge in [0.2, 0.25) is 0 Å². The number of Topliss-reactive ketones (excluding diaryl/α,β-unsaturated/α-hetero) is 1. The molecule has 0 aliphatic carbocycles. The Hall–Kier alpha value is -1.52. The molecule has 3 rings (SSSR count). The molecule has 0 fully saturated rings. The summed E-state index contributed by atoms with van der Waals surface area (Å²) < 4.78 is 7.26.